The first-order valence-corrected chi connectivity index (χ1v) is 12.0. The van der Waals surface area contributed by atoms with Gasteiger partial charge in [0.2, 0.25) is 5.91 Å². The summed E-state index contributed by atoms with van der Waals surface area (Å²) in [6.07, 6.45) is 4.50. The second kappa shape index (κ2) is 8.52. The number of imidazole rings is 1. The van der Waals surface area contributed by atoms with Crippen LogP contribution in [0.3, 0.4) is 0 Å². The third-order valence-electron chi connectivity index (χ3n) is 5.82. The summed E-state index contributed by atoms with van der Waals surface area (Å²) in [5, 5.41) is 4.57. The Kier molecular flexibility index (Phi) is 5.54. The van der Waals surface area contributed by atoms with Gasteiger partial charge in [-0.2, -0.15) is 0 Å². The normalized spacial score (nSPS) is 12.0. The molecular weight excluding hydrogens is 430 g/mol. The summed E-state index contributed by atoms with van der Waals surface area (Å²) in [5.41, 5.74) is 2.78. The lowest BCUT2D eigenvalue weighted by molar-refractivity contribution is -0.140. The van der Waals surface area contributed by atoms with Gasteiger partial charge in [-0.3, -0.25) is 9.20 Å². The summed E-state index contributed by atoms with van der Waals surface area (Å²) in [6, 6.07) is 18.6. The van der Waals surface area contributed by atoms with Crippen LogP contribution >= 0.6 is 11.3 Å². The van der Waals surface area contributed by atoms with Crippen molar-refractivity contribution in [2.45, 2.75) is 33.7 Å². The molecule has 0 aliphatic carbocycles. The first-order chi connectivity index (χ1) is 15.9. The van der Waals surface area contributed by atoms with E-state index in [1.165, 1.54) is 10.8 Å². The van der Waals surface area contributed by atoms with Crippen LogP contribution in [0.5, 0.6) is 0 Å². The van der Waals surface area contributed by atoms with Crippen molar-refractivity contribution in [1.82, 2.24) is 14.3 Å². The Bertz CT molecular complexity index is 1410. The molecule has 0 fully saturated rings. The van der Waals surface area contributed by atoms with E-state index in [-0.39, 0.29) is 5.91 Å². The van der Waals surface area contributed by atoms with Gasteiger partial charge in [0.05, 0.1) is 18.5 Å². The van der Waals surface area contributed by atoms with Crippen LogP contribution in [-0.4, -0.2) is 26.7 Å². The van der Waals surface area contributed by atoms with Crippen molar-refractivity contribution in [1.29, 1.82) is 0 Å². The second-order valence-electron chi connectivity index (χ2n) is 9.37. The van der Waals surface area contributed by atoms with Gasteiger partial charge in [0.25, 0.3) is 0 Å². The Labute approximate surface area is 197 Å². The maximum Gasteiger partial charge on any atom is 0.228 e. The molecule has 3 heterocycles. The molecule has 5 aromatic rings. The number of fused-ring (bicyclic) bond motifs is 2. The summed E-state index contributed by atoms with van der Waals surface area (Å²) in [6.45, 7) is 6.96. The fourth-order valence-corrected chi connectivity index (χ4v) is 4.97. The molecule has 5 nitrogen and oxygen atoms in total. The molecule has 2 aromatic carbocycles. The molecule has 5 rings (SSSR count). The number of carbonyl (C=O) groups excluding carboxylic acids is 1. The number of hydrogen-bond donors (Lipinski definition) is 0. The van der Waals surface area contributed by atoms with Crippen LogP contribution in [0.4, 0.5) is 0 Å². The van der Waals surface area contributed by atoms with Gasteiger partial charge in [-0.1, -0.05) is 57.2 Å². The lowest BCUT2D eigenvalue weighted by Gasteiger charge is -2.29. The molecule has 168 valence electrons. The van der Waals surface area contributed by atoms with E-state index in [0.29, 0.717) is 13.1 Å². The minimum Gasteiger partial charge on any atom is -0.467 e. The third-order valence-corrected chi connectivity index (χ3v) is 6.71. The number of thiazole rings is 1. The molecule has 6 heteroatoms. The van der Waals surface area contributed by atoms with Crippen molar-refractivity contribution in [3.05, 3.63) is 83.9 Å². The van der Waals surface area contributed by atoms with Crippen molar-refractivity contribution in [3.63, 3.8) is 0 Å². The highest BCUT2D eigenvalue weighted by atomic mass is 32.1. The maximum absolute atomic E-state index is 13.1. The lowest BCUT2D eigenvalue weighted by Crippen LogP contribution is -2.40. The molecule has 0 atom stereocenters. The van der Waals surface area contributed by atoms with Crippen molar-refractivity contribution >= 4 is 33.0 Å². The summed E-state index contributed by atoms with van der Waals surface area (Å²) in [4.78, 5) is 20.8. The van der Waals surface area contributed by atoms with Crippen LogP contribution < -0.4 is 0 Å². The van der Waals surface area contributed by atoms with Gasteiger partial charge in [0, 0.05) is 41.2 Å². The zero-order chi connectivity index (χ0) is 23.0. The number of benzene rings is 2. The Morgan fingerprint density at radius 3 is 2.67 bits per heavy atom. The topological polar surface area (TPSA) is 50.8 Å². The molecule has 0 saturated carbocycles. The number of rotatable bonds is 6. The van der Waals surface area contributed by atoms with Gasteiger partial charge < -0.3 is 9.32 Å². The van der Waals surface area contributed by atoms with E-state index in [1.54, 1.807) is 17.6 Å². The van der Waals surface area contributed by atoms with Gasteiger partial charge in [-0.05, 0) is 29.0 Å². The lowest BCUT2D eigenvalue weighted by atomic mass is 9.94. The molecule has 3 aromatic heterocycles. The molecule has 1 amide bonds. The zero-order valence-electron chi connectivity index (χ0n) is 19.1. The number of furan rings is 1. The van der Waals surface area contributed by atoms with Crippen LogP contribution in [0.2, 0.25) is 0 Å². The van der Waals surface area contributed by atoms with Crippen molar-refractivity contribution < 1.29 is 9.21 Å². The molecule has 0 bridgehead atoms. The van der Waals surface area contributed by atoms with Crippen LogP contribution in [-0.2, 0) is 17.8 Å². The van der Waals surface area contributed by atoms with Gasteiger partial charge in [-0.15, -0.1) is 11.3 Å². The van der Waals surface area contributed by atoms with E-state index < -0.39 is 5.41 Å². The first-order valence-electron chi connectivity index (χ1n) is 11.1. The Morgan fingerprint density at radius 2 is 1.91 bits per heavy atom. The zero-order valence-corrected chi connectivity index (χ0v) is 19.9. The molecular formula is C27H27N3O2S. The van der Waals surface area contributed by atoms with Crippen LogP contribution in [0, 0.1) is 5.41 Å². The molecule has 33 heavy (non-hydrogen) atoms. The quantitative estimate of drug-likeness (QED) is 0.295. The van der Waals surface area contributed by atoms with Gasteiger partial charge in [0.1, 0.15) is 5.76 Å². The molecule has 0 unspecified atom stereocenters. The predicted molar refractivity (Wildman–Crippen MR) is 133 cm³/mol. The molecule has 0 spiro atoms. The van der Waals surface area contributed by atoms with E-state index >= 15 is 0 Å². The van der Waals surface area contributed by atoms with E-state index in [0.717, 1.165) is 34.1 Å². The van der Waals surface area contributed by atoms with Crippen LogP contribution in [0.25, 0.3) is 27.0 Å². The van der Waals surface area contributed by atoms with Gasteiger partial charge in [0.15, 0.2) is 4.96 Å². The average molecular weight is 458 g/mol. The van der Waals surface area contributed by atoms with Crippen molar-refractivity contribution in [2.75, 3.05) is 6.54 Å². The first kappa shape index (κ1) is 21.5. The van der Waals surface area contributed by atoms with Gasteiger partial charge >= 0.3 is 0 Å². The largest absolute Gasteiger partial charge is 0.467 e. The minimum atomic E-state index is -0.450. The molecule has 0 aliphatic rings. The fraction of sp³-hybridized carbons (Fsp3) is 0.259. The van der Waals surface area contributed by atoms with Crippen LogP contribution in [0.1, 0.15) is 32.2 Å². The monoisotopic (exact) mass is 457 g/mol. The highest BCUT2D eigenvalue weighted by molar-refractivity contribution is 7.15. The number of nitrogens with zero attached hydrogens (tertiary/aromatic N) is 3. The number of aromatic nitrogens is 2. The summed E-state index contributed by atoms with van der Waals surface area (Å²) < 4.78 is 7.66. The number of carbonyl (C=O) groups is 1. The number of amides is 1. The molecule has 0 aliphatic heterocycles. The van der Waals surface area contributed by atoms with Crippen molar-refractivity contribution in [3.8, 4) is 11.3 Å². The predicted octanol–water partition coefficient (Wildman–Crippen LogP) is 6.43. The van der Waals surface area contributed by atoms with E-state index in [4.69, 9.17) is 9.40 Å². The summed E-state index contributed by atoms with van der Waals surface area (Å²) >= 11 is 1.63. The average Bonchev–Trinajstić information content (AvgIpc) is 3.53. The Morgan fingerprint density at radius 1 is 1.09 bits per heavy atom. The maximum atomic E-state index is 13.1. The molecule has 0 saturated heterocycles. The number of hydrogen-bond acceptors (Lipinski definition) is 4. The highest BCUT2D eigenvalue weighted by Gasteiger charge is 2.28. The standard InChI is InChI=1S/C27H27N3O2S/c1-27(2,3)25(31)29(16-23-9-6-14-32-23)13-12-22-18-33-26-28-24(17-30(22)26)21-11-10-19-7-4-5-8-20(19)15-21/h4-11,14-15,17-18H,12-13,16H2,1-3H3. The highest BCUT2D eigenvalue weighted by Crippen LogP contribution is 2.27. The van der Waals surface area contributed by atoms with E-state index in [1.807, 2.05) is 37.8 Å². The van der Waals surface area contributed by atoms with Gasteiger partial charge in [-0.25, -0.2) is 4.98 Å². The van der Waals surface area contributed by atoms with Crippen LogP contribution in [0.15, 0.2) is 76.9 Å². The SMILES string of the molecule is CC(C)(C)C(=O)N(CCc1csc2nc(-c3ccc4ccccc4c3)cn12)Cc1ccco1. The Balaban J connectivity index is 1.39. The summed E-state index contributed by atoms with van der Waals surface area (Å²) in [7, 11) is 0. The third kappa shape index (κ3) is 4.44. The Hall–Kier alpha value is -3.38. The second-order valence-corrected chi connectivity index (χ2v) is 10.2. The molecule has 0 radical (unpaired) electrons. The van der Waals surface area contributed by atoms with E-state index in [2.05, 4.69) is 58.4 Å². The summed E-state index contributed by atoms with van der Waals surface area (Å²) in [5.74, 6) is 0.914. The molecule has 0 N–H and O–H groups in total. The van der Waals surface area contributed by atoms with Crippen molar-refractivity contribution in [2.24, 2.45) is 5.41 Å². The fourth-order valence-electron chi connectivity index (χ4n) is 4.06. The minimum absolute atomic E-state index is 0.118. The smallest absolute Gasteiger partial charge is 0.228 e. The van der Waals surface area contributed by atoms with E-state index in [9.17, 15) is 4.79 Å².